The van der Waals surface area contributed by atoms with E-state index >= 15 is 0 Å². The lowest BCUT2D eigenvalue weighted by molar-refractivity contribution is -0.137. The molecule has 0 spiro atoms. The molecule has 0 radical (unpaired) electrons. The molecule has 1 atom stereocenters. The zero-order valence-corrected chi connectivity index (χ0v) is 11.5. The third-order valence-electron chi connectivity index (χ3n) is 4.12. The van der Waals surface area contributed by atoms with E-state index in [-0.39, 0.29) is 0 Å². The Morgan fingerprint density at radius 3 is 2.84 bits per heavy atom. The molecular formula is C15H23NO3. The molecule has 1 aromatic rings. The zero-order chi connectivity index (χ0) is 13.7. The maximum absolute atomic E-state index is 10.6. The average Bonchev–Trinajstić information content (AvgIpc) is 2.89. The number of hydrogen-bond donors (Lipinski definition) is 1. The van der Waals surface area contributed by atoms with Crippen molar-refractivity contribution in [3.05, 3.63) is 24.2 Å². The van der Waals surface area contributed by atoms with E-state index in [0.29, 0.717) is 18.4 Å². The molecule has 4 heteroatoms. The predicted molar refractivity (Wildman–Crippen MR) is 73.0 cm³/mol. The summed E-state index contributed by atoms with van der Waals surface area (Å²) < 4.78 is 5.39. The summed E-state index contributed by atoms with van der Waals surface area (Å²) in [6.45, 7) is 4.39. The Labute approximate surface area is 114 Å². The molecule has 1 saturated heterocycles. The van der Waals surface area contributed by atoms with Crippen LogP contribution in [0.5, 0.6) is 0 Å². The number of carbonyl (C=O) groups is 1. The highest BCUT2D eigenvalue weighted by Crippen LogP contribution is 2.24. The molecule has 1 aliphatic rings. The molecule has 1 aromatic heterocycles. The van der Waals surface area contributed by atoms with Gasteiger partial charge in [-0.15, -0.1) is 0 Å². The minimum absolute atomic E-state index is 0.312. The first-order valence-electron chi connectivity index (χ1n) is 7.13. The van der Waals surface area contributed by atoms with E-state index in [2.05, 4.69) is 11.8 Å². The Bertz CT molecular complexity index is 380. The van der Waals surface area contributed by atoms with E-state index in [0.717, 1.165) is 44.5 Å². The number of nitrogens with zero attached hydrogens (tertiary/aromatic N) is 1. The molecule has 0 bridgehead atoms. The van der Waals surface area contributed by atoms with Gasteiger partial charge in [0, 0.05) is 18.9 Å². The van der Waals surface area contributed by atoms with Crippen LogP contribution in [0.25, 0.3) is 0 Å². The molecule has 1 aliphatic heterocycles. The standard InChI is InChI=1S/C15H23NO3/c1-12(11-14-3-2-10-19-14)16-8-6-13(7-9-16)4-5-15(17)18/h2-3,10,12-13H,4-9,11H2,1H3,(H,17,18). The van der Waals surface area contributed by atoms with Crippen molar-refractivity contribution < 1.29 is 14.3 Å². The van der Waals surface area contributed by atoms with Gasteiger partial charge in [-0.2, -0.15) is 0 Å². The fourth-order valence-electron chi connectivity index (χ4n) is 2.86. The van der Waals surface area contributed by atoms with Crippen molar-refractivity contribution in [1.29, 1.82) is 0 Å². The van der Waals surface area contributed by atoms with Gasteiger partial charge in [-0.25, -0.2) is 0 Å². The van der Waals surface area contributed by atoms with Gasteiger partial charge in [0.05, 0.1) is 6.26 Å². The van der Waals surface area contributed by atoms with Crippen LogP contribution in [0.15, 0.2) is 22.8 Å². The van der Waals surface area contributed by atoms with Crippen LogP contribution in [-0.4, -0.2) is 35.1 Å². The van der Waals surface area contributed by atoms with Crippen molar-refractivity contribution in [2.24, 2.45) is 5.92 Å². The molecule has 2 rings (SSSR count). The molecule has 19 heavy (non-hydrogen) atoms. The van der Waals surface area contributed by atoms with Crippen LogP contribution in [-0.2, 0) is 11.2 Å². The van der Waals surface area contributed by atoms with Gasteiger partial charge in [-0.3, -0.25) is 4.79 Å². The SMILES string of the molecule is CC(Cc1ccco1)N1CCC(CCC(=O)O)CC1. The number of hydrogen-bond acceptors (Lipinski definition) is 3. The molecule has 1 fully saturated rings. The minimum Gasteiger partial charge on any atom is -0.481 e. The lowest BCUT2D eigenvalue weighted by atomic mass is 9.91. The van der Waals surface area contributed by atoms with Crippen molar-refractivity contribution >= 4 is 5.97 Å². The monoisotopic (exact) mass is 265 g/mol. The van der Waals surface area contributed by atoms with Gasteiger partial charge in [-0.1, -0.05) is 0 Å². The van der Waals surface area contributed by atoms with Gasteiger partial charge in [0.1, 0.15) is 5.76 Å². The summed E-state index contributed by atoms with van der Waals surface area (Å²) in [6, 6.07) is 4.45. The van der Waals surface area contributed by atoms with E-state index in [9.17, 15) is 4.79 Å². The molecule has 0 aliphatic carbocycles. The smallest absolute Gasteiger partial charge is 0.303 e. The van der Waals surface area contributed by atoms with Crippen LogP contribution >= 0.6 is 0 Å². The van der Waals surface area contributed by atoms with E-state index < -0.39 is 5.97 Å². The lowest BCUT2D eigenvalue weighted by Crippen LogP contribution is -2.41. The van der Waals surface area contributed by atoms with Crippen LogP contribution in [0, 0.1) is 5.92 Å². The topological polar surface area (TPSA) is 53.7 Å². The number of piperidine rings is 1. The lowest BCUT2D eigenvalue weighted by Gasteiger charge is -2.35. The summed E-state index contributed by atoms with van der Waals surface area (Å²) in [5.41, 5.74) is 0. The minimum atomic E-state index is -0.673. The third-order valence-corrected chi connectivity index (χ3v) is 4.12. The van der Waals surface area contributed by atoms with Gasteiger partial charge in [0.25, 0.3) is 0 Å². The Balaban J connectivity index is 1.71. The highest BCUT2D eigenvalue weighted by Gasteiger charge is 2.23. The van der Waals surface area contributed by atoms with E-state index in [1.807, 2.05) is 12.1 Å². The number of carboxylic acid groups (broad SMARTS) is 1. The van der Waals surface area contributed by atoms with Crippen LogP contribution in [0.1, 0.15) is 38.4 Å². The van der Waals surface area contributed by atoms with Crippen LogP contribution in [0.2, 0.25) is 0 Å². The van der Waals surface area contributed by atoms with Crippen molar-refractivity contribution in [3.8, 4) is 0 Å². The van der Waals surface area contributed by atoms with Crippen LogP contribution in [0.4, 0.5) is 0 Å². The van der Waals surface area contributed by atoms with Crippen LogP contribution in [0.3, 0.4) is 0 Å². The zero-order valence-electron chi connectivity index (χ0n) is 11.5. The molecule has 2 heterocycles. The average molecular weight is 265 g/mol. The summed E-state index contributed by atoms with van der Waals surface area (Å²) in [6.07, 6.45) is 6.06. The number of carboxylic acids is 1. The molecule has 1 N–H and O–H groups in total. The normalized spacial score (nSPS) is 19.4. The quantitative estimate of drug-likeness (QED) is 0.859. The molecule has 106 valence electrons. The number of rotatable bonds is 6. The van der Waals surface area contributed by atoms with Gasteiger partial charge in [-0.05, 0) is 57.3 Å². The number of likely N-dealkylation sites (tertiary alicyclic amines) is 1. The summed E-state index contributed by atoms with van der Waals surface area (Å²) in [5, 5.41) is 8.71. The Morgan fingerprint density at radius 1 is 1.53 bits per heavy atom. The van der Waals surface area contributed by atoms with E-state index in [4.69, 9.17) is 9.52 Å². The fraction of sp³-hybridized carbons (Fsp3) is 0.667. The molecule has 4 nitrogen and oxygen atoms in total. The fourth-order valence-corrected chi connectivity index (χ4v) is 2.86. The largest absolute Gasteiger partial charge is 0.481 e. The number of aliphatic carboxylic acids is 1. The van der Waals surface area contributed by atoms with Crippen molar-refractivity contribution in [2.45, 2.75) is 45.1 Å². The maximum atomic E-state index is 10.6. The van der Waals surface area contributed by atoms with Crippen molar-refractivity contribution in [3.63, 3.8) is 0 Å². The van der Waals surface area contributed by atoms with E-state index in [1.165, 1.54) is 0 Å². The Kier molecular flexibility index (Phi) is 5.02. The molecule has 1 unspecified atom stereocenters. The Morgan fingerprint density at radius 2 is 2.26 bits per heavy atom. The summed E-state index contributed by atoms with van der Waals surface area (Å²) in [7, 11) is 0. The molecule has 0 saturated carbocycles. The highest BCUT2D eigenvalue weighted by atomic mass is 16.4. The van der Waals surface area contributed by atoms with Crippen LogP contribution < -0.4 is 0 Å². The molecular weight excluding hydrogens is 242 g/mol. The van der Waals surface area contributed by atoms with Gasteiger partial charge in [0.2, 0.25) is 0 Å². The highest BCUT2D eigenvalue weighted by molar-refractivity contribution is 5.66. The van der Waals surface area contributed by atoms with Crippen molar-refractivity contribution in [2.75, 3.05) is 13.1 Å². The maximum Gasteiger partial charge on any atom is 0.303 e. The summed E-state index contributed by atoms with van der Waals surface area (Å²) >= 11 is 0. The second-order valence-corrected chi connectivity index (χ2v) is 5.54. The van der Waals surface area contributed by atoms with Gasteiger partial charge >= 0.3 is 5.97 Å². The first kappa shape index (κ1) is 14.1. The second-order valence-electron chi connectivity index (χ2n) is 5.54. The second kappa shape index (κ2) is 6.75. The van der Waals surface area contributed by atoms with Crippen molar-refractivity contribution in [1.82, 2.24) is 4.90 Å². The first-order valence-corrected chi connectivity index (χ1v) is 7.13. The molecule has 0 aromatic carbocycles. The summed E-state index contributed by atoms with van der Waals surface area (Å²) in [5.74, 6) is 0.956. The molecule has 0 amide bonds. The summed E-state index contributed by atoms with van der Waals surface area (Å²) in [4.78, 5) is 13.1. The first-order chi connectivity index (χ1) is 9.15. The van der Waals surface area contributed by atoms with Gasteiger partial charge < -0.3 is 14.4 Å². The van der Waals surface area contributed by atoms with Gasteiger partial charge in [0.15, 0.2) is 0 Å². The predicted octanol–water partition coefficient (Wildman–Crippen LogP) is 2.79. The Hall–Kier alpha value is -1.29. The van der Waals surface area contributed by atoms with E-state index in [1.54, 1.807) is 6.26 Å². The third kappa shape index (κ3) is 4.39. The number of furan rings is 1.